The largest absolute Gasteiger partial charge is 0.326 e. The molecule has 0 aliphatic carbocycles. The Hall–Kier alpha value is -2.12. The van der Waals surface area contributed by atoms with Gasteiger partial charge in [-0.3, -0.25) is 14.9 Å². The fourth-order valence-electron chi connectivity index (χ4n) is 2.27. The number of nitrogens with one attached hydrogen (secondary N) is 2. The third kappa shape index (κ3) is 3.16. The number of hydrogen-bond donors (Lipinski definition) is 2. The Labute approximate surface area is 142 Å². The van der Waals surface area contributed by atoms with E-state index in [0.29, 0.717) is 33.9 Å². The molecule has 2 amide bonds. The van der Waals surface area contributed by atoms with E-state index in [4.69, 9.17) is 23.2 Å². The Morgan fingerprint density at radius 3 is 2.87 bits per heavy atom. The summed E-state index contributed by atoms with van der Waals surface area (Å²) in [4.78, 5) is 28.3. The normalized spacial score (nSPS) is 16.1. The number of carbonyl (C=O) groups is 2. The van der Waals surface area contributed by atoms with Crippen LogP contribution in [0.3, 0.4) is 0 Å². The van der Waals surface area contributed by atoms with Gasteiger partial charge in [0.2, 0.25) is 11.9 Å². The first-order valence-corrected chi connectivity index (χ1v) is 7.74. The first kappa shape index (κ1) is 15.8. The summed E-state index contributed by atoms with van der Waals surface area (Å²) in [5, 5.41) is 10.3. The van der Waals surface area contributed by atoms with E-state index < -0.39 is 6.04 Å². The second kappa shape index (κ2) is 6.17. The lowest BCUT2D eigenvalue weighted by Gasteiger charge is -2.10. The van der Waals surface area contributed by atoms with E-state index >= 15 is 0 Å². The van der Waals surface area contributed by atoms with Gasteiger partial charge < -0.3 is 5.32 Å². The SMILES string of the molecule is CCc1nc2n(n1)[C@@H](CC(=O)Nc1ccc(Cl)c(Cl)c1)C(=O)N2. The molecule has 0 spiro atoms. The van der Waals surface area contributed by atoms with Crippen molar-refractivity contribution in [1.82, 2.24) is 14.8 Å². The number of benzene rings is 1. The molecule has 1 atom stereocenters. The lowest BCUT2D eigenvalue weighted by atomic mass is 10.2. The van der Waals surface area contributed by atoms with Gasteiger partial charge in [0.1, 0.15) is 6.04 Å². The van der Waals surface area contributed by atoms with Gasteiger partial charge >= 0.3 is 0 Å². The summed E-state index contributed by atoms with van der Waals surface area (Å²) < 4.78 is 1.45. The smallest absolute Gasteiger partial charge is 0.252 e. The predicted molar refractivity (Wildman–Crippen MR) is 86.8 cm³/mol. The lowest BCUT2D eigenvalue weighted by Crippen LogP contribution is -2.24. The molecule has 1 aliphatic heterocycles. The molecule has 23 heavy (non-hydrogen) atoms. The molecular formula is C14H13Cl2N5O2. The molecule has 7 nitrogen and oxygen atoms in total. The maximum absolute atomic E-state index is 12.2. The molecule has 9 heteroatoms. The Balaban J connectivity index is 1.71. The van der Waals surface area contributed by atoms with Crippen molar-refractivity contribution in [2.45, 2.75) is 25.8 Å². The van der Waals surface area contributed by atoms with E-state index in [1.54, 1.807) is 18.2 Å². The van der Waals surface area contributed by atoms with E-state index in [2.05, 4.69) is 20.7 Å². The Kier molecular flexibility index (Phi) is 4.23. The molecule has 2 N–H and O–H groups in total. The number of fused-ring (bicyclic) bond motifs is 1. The number of nitrogens with zero attached hydrogens (tertiary/aromatic N) is 3. The van der Waals surface area contributed by atoms with Gasteiger partial charge in [0, 0.05) is 12.1 Å². The van der Waals surface area contributed by atoms with Gasteiger partial charge in [0.15, 0.2) is 5.82 Å². The van der Waals surface area contributed by atoms with Crippen LogP contribution in [0, 0.1) is 0 Å². The van der Waals surface area contributed by atoms with Crippen LogP contribution in [0.4, 0.5) is 11.6 Å². The van der Waals surface area contributed by atoms with Gasteiger partial charge in [0.25, 0.3) is 5.91 Å². The minimum absolute atomic E-state index is 0.0500. The molecule has 2 heterocycles. The molecule has 0 radical (unpaired) electrons. The summed E-state index contributed by atoms with van der Waals surface area (Å²) in [5.41, 5.74) is 0.510. The number of rotatable bonds is 4. The standard InChI is InChI=1S/C14H13Cl2N5O2/c1-2-11-18-14-19-13(23)10(21(14)20-11)6-12(22)17-7-3-4-8(15)9(16)5-7/h3-5,10H,2,6H2,1H3,(H,17,22)(H,18,19,20,23)/t10-/m0/s1. The van der Waals surface area contributed by atoms with Gasteiger partial charge in [0.05, 0.1) is 16.5 Å². The highest BCUT2D eigenvalue weighted by molar-refractivity contribution is 6.42. The number of anilines is 2. The minimum atomic E-state index is -0.708. The highest BCUT2D eigenvalue weighted by Crippen LogP contribution is 2.27. The van der Waals surface area contributed by atoms with Crippen molar-refractivity contribution in [3.8, 4) is 0 Å². The molecule has 1 aliphatic rings. The predicted octanol–water partition coefficient (Wildman–Crippen LogP) is 2.67. The van der Waals surface area contributed by atoms with Crippen LogP contribution in [0.1, 0.15) is 25.2 Å². The third-order valence-corrected chi connectivity index (χ3v) is 4.15. The van der Waals surface area contributed by atoms with Crippen LogP contribution in [-0.2, 0) is 16.0 Å². The highest BCUT2D eigenvalue weighted by Gasteiger charge is 2.34. The summed E-state index contributed by atoms with van der Waals surface area (Å²) in [6, 6.07) is 4.06. The second-order valence-electron chi connectivity index (χ2n) is 5.04. The number of halogens is 2. The van der Waals surface area contributed by atoms with Crippen LogP contribution in [-0.4, -0.2) is 26.6 Å². The zero-order valence-electron chi connectivity index (χ0n) is 12.1. The van der Waals surface area contributed by atoms with E-state index in [-0.39, 0.29) is 18.2 Å². The number of aryl methyl sites for hydroxylation is 1. The molecule has 0 unspecified atom stereocenters. The third-order valence-electron chi connectivity index (χ3n) is 3.41. The van der Waals surface area contributed by atoms with Crippen molar-refractivity contribution in [1.29, 1.82) is 0 Å². The van der Waals surface area contributed by atoms with Gasteiger partial charge in [-0.25, -0.2) is 4.68 Å². The van der Waals surface area contributed by atoms with E-state index in [1.165, 1.54) is 4.68 Å². The van der Waals surface area contributed by atoms with Crippen molar-refractivity contribution < 1.29 is 9.59 Å². The van der Waals surface area contributed by atoms with E-state index in [9.17, 15) is 9.59 Å². The van der Waals surface area contributed by atoms with Gasteiger partial charge in [-0.2, -0.15) is 10.1 Å². The van der Waals surface area contributed by atoms with Gasteiger partial charge in [-0.05, 0) is 18.2 Å². The van der Waals surface area contributed by atoms with Crippen molar-refractivity contribution >= 4 is 46.7 Å². The summed E-state index contributed by atoms with van der Waals surface area (Å²) in [6.45, 7) is 1.92. The Bertz CT molecular complexity index is 789. The number of aromatic nitrogens is 3. The van der Waals surface area contributed by atoms with Crippen LogP contribution >= 0.6 is 23.2 Å². The molecule has 1 aromatic carbocycles. The fourth-order valence-corrected chi connectivity index (χ4v) is 2.56. The molecule has 120 valence electrons. The fraction of sp³-hybridized carbons (Fsp3) is 0.286. The number of hydrogen-bond acceptors (Lipinski definition) is 4. The highest BCUT2D eigenvalue weighted by atomic mass is 35.5. The first-order chi connectivity index (χ1) is 11.0. The lowest BCUT2D eigenvalue weighted by molar-refractivity contribution is -0.123. The van der Waals surface area contributed by atoms with E-state index in [1.807, 2.05) is 6.92 Å². The summed E-state index contributed by atoms with van der Waals surface area (Å²) in [5.74, 6) is 0.367. The maximum Gasteiger partial charge on any atom is 0.252 e. The zero-order chi connectivity index (χ0) is 16.6. The van der Waals surface area contributed by atoms with Crippen molar-refractivity contribution in [2.75, 3.05) is 10.6 Å². The molecule has 0 bridgehead atoms. The van der Waals surface area contributed by atoms with Crippen LogP contribution in [0.15, 0.2) is 18.2 Å². The summed E-state index contributed by atoms with van der Waals surface area (Å²) in [6.07, 6.45) is 0.601. The average Bonchev–Trinajstić information content (AvgIpc) is 3.02. The Morgan fingerprint density at radius 2 is 2.17 bits per heavy atom. The summed E-state index contributed by atoms with van der Waals surface area (Å²) >= 11 is 11.7. The number of carbonyl (C=O) groups excluding carboxylic acids is 2. The molecule has 2 aromatic rings. The summed E-state index contributed by atoms with van der Waals surface area (Å²) in [7, 11) is 0. The van der Waals surface area contributed by atoms with Gasteiger partial charge in [-0.15, -0.1) is 0 Å². The second-order valence-corrected chi connectivity index (χ2v) is 5.85. The maximum atomic E-state index is 12.2. The van der Waals surface area contributed by atoms with Crippen molar-refractivity contribution in [3.05, 3.63) is 34.1 Å². The molecule has 0 saturated heterocycles. The van der Waals surface area contributed by atoms with Crippen molar-refractivity contribution in [2.24, 2.45) is 0 Å². The average molecular weight is 354 g/mol. The monoisotopic (exact) mass is 353 g/mol. The molecule has 3 rings (SSSR count). The molecule has 1 aromatic heterocycles. The zero-order valence-corrected chi connectivity index (χ0v) is 13.6. The molecule has 0 saturated carbocycles. The van der Waals surface area contributed by atoms with Crippen molar-refractivity contribution in [3.63, 3.8) is 0 Å². The van der Waals surface area contributed by atoms with Crippen LogP contribution in [0.5, 0.6) is 0 Å². The quantitative estimate of drug-likeness (QED) is 0.884. The van der Waals surface area contributed by atoms with E-state index in [0.717, 1.165) is 0 Å². The van der Waals surface area contributed by atoms with Crippen LogP contribution in [0.25, 0.3) is 0 Å². The minimum Gasteiger partial charge on any atom is -0.326 e. The Morgan fingerprint density at radius 1 is 1.39 bits per heavy atom. The van der Waals surface area contributed by atoms with Crippen LogP contribution in [0.2, 0.25) is 10.0 Å². The topological polar surface area (TPSA) is 88.9 Å². The molecule has 0 fully saturated rings. The number of amides is 2. The molecular weight excluding hydrogens is 341 g/mol. The van der Waals surface area contributed by atoms with Gasteiger partial charge in [-0.1, -0.05) is 30.1 Å². The first-order valence-electron chi connectivity index (χ1n) is 6.99. The van der Waals surface area contributed by atoms with Crippen LogP contribution < -0.4 is 10.6 Å².